The van der Waals surface area contributed by atoms with Gasteiger partial charge in [0.2, 0.25) is 0 Å². The van der Waals surface area contributed by atoms with Crippen LogP contribution in [0, 0.1) is 13.8 Å². The van der Waals surface area contributed by atoms with E-state index in [1.54, 1.807) is 0 Å². The molecule has 0 fully saturated rings. The summed E-state index contributed by atoms with van der Waals surface area (Å²) < 4.78 is 0. The number of pyridine rings is 1. The molecule has 1 N–H and O–H groups in total. The molecule has 0 amide bonds. The van der Waals surface area contributed by atoms with E-state index in [1.807, 2.05) is 31.2 Å². The minimum Gasteiger partial charge on any atom is -0.312 e. The Hall–Kier alpha value is -1.32. The van der Waals surface area contributed by atoms with E-state index in [9.17, 15) is 0 Å². The van der Waals surface area contributed by atoms with Gasteiger partial charge in [0.25, 0.3) is 0 Å². The van der Waals surface area contributed by atoms with Gasteiger partial charge < -0.3 is 5.32 Å². The molecule has 0 radical (unpaired) electrons. The van der Waals surface area contributed by atoms with Gasteiger partial charge >= 0.3 is 0 Å². The number of rotatable bonds is 5. The summed E-state index contributed by atoms with van der Waals surface area (Å²) in [6.45, 7) is 4.21. The molecule has 3 heteroatoms. The van der Waals surface area contributed by atoms with Crippen LogP contribution in [0.1, 0.15) is 22.7 Å². The predicted octanol–water partition coefficient (Wildman–Crippen LogP) is 3.75. The van der Waals surface area contributed by atoms with Crippen molar-refractivity contribution in [2.75, 3.05) is 12.8 Å². The third kappa shape index (κ3) is 4.08. The molecule has 2 nitrogen and oxygen atoms in total. The average Bonchev–Trinajstić information content (AvgIpc) is 2.40. The molecule has 1 heterocycles. The Morgan fingerprint density at radius 3 is 2.68 bits per heavy atom. The van der Waals surface area contributed by atoms with Crippen LogP contribution < -0.4 is 5.32 Å². The average molecular weight is 272 g/mol. The van der Waals surface area contributed by atoms with Crippen molar-refractivity contribution in [2.24, 2.45) is 0 Å². The predicted molar refractivity (Wildman–Crippen MR) is 82.7 cm³/mol. The van der Waals surface area contributed by atoms with E-state index >= 15 is 0 Å². The molecule has 0 aliphatic carbocycles. The van der Waals surface area contributed by atoms with Crippen LogP contribution in [0.2, 0.25) is 0 Å². The fraction of sp³-hybridized carbons (Fsp3) is 0.312. The first-order valence-electron chi connectivity index (χ1n) is 6.47. The van der Waals surface area contributed by atoms with Crippen molar-refractivity contribution in [3.63, 3.8) is 0 Å². The van der Waals surface area contributed by atoms with Gasteiger partial charge in [-0.2, -0.15) is 0 Å². The Bertz CT molecular complexity index is 540. The van der Waals surface area contributed by atoms with Crippen LogP contribution in [0.5, 0.6) is 0 Å². The zero-order valence-corrected chi connectivity index (χ0v) is 12.5. The molecular formula is C16H20N2S. The fourth-order valence-electron chi connectivity index (χ4n) is 2.00. The van der Waals surface area contributed by atoms with E-state index < -0.39 is 0 Å². The van der Waals surface area contributed by atoms with E-state index in [0.29, 0.717) is 6.04 Å². The minimum absolute atomic E-state index is 0.331. The maximum atomic E-state index is 4.27. The molecule has 1 atom stereocenters. The second-order valence-corrected chi connectivity index (χ2v) is 5.86. The molecule has 100 valence electrons. The highest BCUT2D eigenvalue weighted by molar-refractivity contribution is 7.99. The highest BCUT2D eigenvalue weighted by Crippen LogP contribution is 2.25. The summed E-state index contributed by atoms with van der Waals surface area (Å²) >= 11 is 1.88. The van der Waals surface area contributed by atoms with Crippen LogP contribution in [0.25, 0.3) is 0 Å². The smallest absolute Gasteiger partial charge is 0.0428 e. The summed E-state index contributed by atoms with van der Waals surface area (Å²) in [6, 6.07) is 11.2. The van der Waals surface area contributed by atoms with Gasteiger partial charge in [0.05, 0.1) is 0 Å². The SMILES string of the molecule is CNC(CSc1cccc(C)c1)c1cncc(C)c1. The van der Waals surface area contributed by atoms with Crippen LogP contribution in [0.3, 0.4) is 0 Å². The van der Waals surface area contributed by atoms with Crippen molar-refractivity contribution < 1.29 is 0 Å². The highest BCUT2D eigenvalue weighted by atomic mass is 32.2. The molecule has 0 aliphatic rings. The van der Waals surface area contributed by atoms with Crippen LogP contribution >= 0.6 is 11.8 Å². The fourth-order valence-corrected chi connectivity index (χ4v) is 3.16. The molecule has 1 aromatic heterocycles. The summed E-state index contributed by atoms with van der Waals surface area (Å²) in [5.41, 5.74) is 3.77. The monoisotopic (exact) mass is 272 g/mol. The number of thioether (sulfide) groups is 1. The van der Waals surface area contributed by atoms with Crippen LogP contribution in [0.4, 0.5) is 0 Å². The molecule has 2 aromatic rings. The Kier molecular flexibility index (Phi) is 5.00. The lowest BCUT2D eigenvalue weighted by Crippen LogP contribution is -2.19. The normalized spacial score (nSPS) is 12.4. The van der Waals surface area contributed by atoms with E-state index in [4.69, 9.17) is 0 Å². The highest BCUT2D eigenvalue weighted by Gasteiger charge is 2.10. The number of hydrogen-bond acceptors (Lipinski definition) is 3. The van der Waals surface area contributed by atoms with Gasteiger partial charge in [-0.05, 0) is 44.2 Å². The van der Waals surface area contributed by atoms with Gasteiger partial charge in [-0.25, -0.2) is 0 Å². The number of aromatic nitrogens is 1. The molecular weight excluding hydrogens is 252 g/mol. The summed E-state index contributed by atoms with van der Waals surface area (Å²) in [5, 5.41) is 3.37. The number of nitrogens with one attached hydrogen (secondary N) is 1. The van der Waals surface area contributed by atoms with Crippen molar-refractivity contribution in [2.45, 2.75) is 24.8 Å². The lowest BCUT2D eigenvalue weighted by Gasteiger charge is -2.16. The summed E-state index contributed by atoms with van der Waals surface area (Å²) in [5.74, 6) is 1.01. The molecule has 0 saturated carbocycles. The summed E-state index contributed by atoms with van der Waals surface area (Å²) in [6.07, 6.45) is 3.84. The first-order chi connectivity index (χ1) is 9.19. The van der Waals surface area contributed by atoms with Gasteiger partial charge in [-0.1, -0.05) is 23.8 Å². The Balaban J connectivity index is 2.04. The van der Waals surface area contributed by atoms with Crippen molar-refractivity contribution in [1.29, 1.82) is 0 Å². The van der Waals surface area contributed by atoms with Gasteiger partial charge in [0.15, 0.2) is 0 Å². The summed E-state index contributed by atoms with van der Waals surface area (Å²) in [7, 11) is 2.00. The molecule has 0 saturated heterocycles. The van der Waals surface area contributed by atoms with E-state index in [-0.39, 0.29) is 0 Å². The van der Waals surface area contributed by atoms with Gasteiger partial charge in [0.1, 0.15) is 0 Å². The molecule has 0 bridgehead atoms. The van der Waals surface area contributed by atoms with Crippen LogP contribution in [-0.4, -0.2) is 17.8 Å². The first kappa shape index (κ1) is 14.1. The number of aryl methyl sites for hydroxylation is 2. The quantitative estimate of drug-likeness (QED) is 0.839. The number of benzene rings is 1. The van der Waals surface area contributed by atoms with Gasteiger partial charge in [-0.3, -0.25) is 4.98 Å². The molecule has 0 aliphatic heterocycles. The number of nitrogens with zero attached hydrogens (tertiary/aromatic N) is 1. The maximum absolute atomic E-state index is 4.27. The lowest BCUT2D eigenvalue weighted by molar-refractivity contribution is 0.658. The zero-order valence-electron chi connectivity index (χ0n) is 11.7. The second-order valence-electron chi connectivity index (χ2n) is 4.76. The molecule has 1 aromatic carbocycles. The molecule has 0 spiro atoms. The first-order valence-corrected chi connectivity index (χ1v) is 7.46. The summed E-state index contributed by atoms with van der Waals surface area (Å²) in [4.78, 5) is 5.59. The second kappa shape index (κ2) is 6.73. The Morgan fingerprint density at radius 2 is 2.00 bits per heavy atom. The molecule has 1 unspecified atom stereocenters. The van der Waals surface area contributed by atoms with Crippen molar-refractivity contribution >= 4 is 11.8 Å². The zero-order chi connectivity index (χ0) is 13.7. The topological polar surface area (TPSA) is 24.9 Å². The van der Waals surface area contributed by atoms with Crippen LogP contribution in [0.15, 0.2) is 47.6 Å². The largest absolute Gasteiger partial charge is 0.312 e. The standard InChI is InChI=1S/C16H20N2S/c1-12-5-4-6-15(8-12)19-11-16(17-3)14-7-13(2)9-18-10-14/h4-10,16-17H,11H2,1-3H3. The lowest BCUT2D eigenvalue weighted by atomic mass is 10.1. The van der Waals surface area contributed by atoms with E-state index in [1.165, 1.54) is 21.6 Å². The molecule has 19 heavy (non-hydrogen) atoms. The minimum atomic E-state index is 0.331. The van der Waals surface area contributed by atoms with Crippen LogP contribution in [-0.2, 0) is 0 Å². The van der Waals surface area contributed by atoms with Gasteiger partial charge in [-0.15, -0.1) is 11.8 Å². The Labute approximate surface area is 119 Å². The van der Waals surface area contributed by atoms with Gasteiger partial charge in [0, 0.05) is 29.1 Å². The van der Waals surface area contributed by atoms with Crippen molar-refractivity contribution in [3.8, 4) is 0 Å². The number of hydrogen-bond donors (Lipinski definition) is 1. The van der Waals surface area contributed by atoms with E-state index in [2.05, 4.69) is 54.5 Å². The molecule has 2 rings (SSSR count). The van der Waals surface area contributed by atoms with Crippen molar-refractivity contribution in [3.05, 3.63) is 59.4 Å². The van der Waals surface area contributed by atoms with E-state index in [0.717, 1.165) is 5.75 Å². The third-order valence-corrected chi connectivity index (χ3v) is 4.14. The Morgan fingerprint density at radius 1 is 1.16 bits per heavy atom. The van der Waals surface area contributed by atoms with Crippen molar-refractivity contribution in [1.82, 2.24) is 10.3 Å². The third-order valence-electron chi connectivity index (χ3n) is 3.05. The maximum Gasteiger partial charge on any atom is 0.0428 e.